The van der Waals surface area contributed by atoms with Crippen molar-refractivity contribution in [2.45, 2.75) is 6.42 Å². The monoisotopic (exact) mass is 274 g/mol. The lowest BCUT2D eigenvalue weighted by molar-refractivity contribution is -0.131. The van der Waals surface area contributed by atoms with Gasteiger partial charge in [-0.1, -0.05) is 18.2 Å². The number of anilines is 1. The lowest BCUT2D eigenvalue weighted by Gasteiger charge is -2.19. The van der Waals surface area contributed by atoms with Crippen molar-refractivity contribution in [3.8, 4) is 5.75 Å². The average molecular weight is 274 g/mol. The van der Waals surface area contributed by atoms with Crippen LogP contribution < -0.4 is 15.0 Å². The van der Waals surface area contributed by atoms with E-state index in [1.54, 1.807) is 24.2 Å². The predicted octanol–water partition coefficient (Wildman–Crippen LogP) is 1.35. The first-order valence-electron chi connectivity index (χ1n) is 6.52. The third-order valence-corrected chi connectivity index (χ3v) is 3.32. The van der Waals surface area contributed by atoms with Crippen molar-refractivity contribution >= 4 is 17.5 Å². The van der Waals surface area contributed by atoms with Crippen LogP contribution in [0.4, 0.5) is 5.69 Å². The molecule has 2 rings (SSSR count). The van der Waals surface area contributed by atoms with E-state index >= 15 is 0 Å². The molecule has 2 amide bonds. The minimum atomic E-state index is -0.625. The second-order valence-electron chi connectivity index (χ2n) is 4.54. The average Bonchev–Trinajstić information content (AvgIpc) is 2.86. The van der Waals surface area contributed by atoms with Crippen LogP contribution in [-0.4, -0.2) is 32.0 Å². The Kier molecular flexibility index (Phi) is 4.40. The van der Waals surface area contributed by atoms with Gasteiger partial charge < -0.3 is 15.0 Å². The predicted molar refractivity (Wildman–Crippen MR) is 76.7 cm³/mol. The molecule has 0 saturated carbocycles. The summed E-state index contributed by atoms with van der Waals surface area (Å²) in [5.41, 5.74) is 0.707. The Hall–Kier alpha value is -2.30. The van der Waals surface area contributed by atoms with Gasteiger partial charge in [-0.2, -0.15) is 0 Å². The molecule has 1 saturated heterocycles. The van der Waals surface area contributed by atoms with E-state index in [0.29, 0.717) is 30.9 Å². The van der Waals surface area contributed by atoms with E-state index in [9.17, 15) is 9.59 Å². The highest BCUT2D eigenvalue weighted by Crippen LogP contribution is 2.32. The summed E-state index contributed by atoms with van der Waals surface area (Å²) in [5, 5.41) is 2.67. The maximum atomic E-state index is 12.4. The lowest BCUT2D eigenvalue weighted by atomic mass is 10.1. The largest absolute Gasteiger partial charge is 0.495 e. The Morgan fingerprint density at radius 2 is 2.30 bits per heavy atom. The van der Waals surface area contributed by atoms with Crippen LogP contribution in [0.25, 0.3) is 0 Å². The van der Waals surface area contributed by atoms with Gasteiger partial charge in [0.05, 0.1) is 12.8 Å². The maximum Gasteiger partial charge on any atom is 0.239 e. The molecule has 1 aliphatic heterocycles. The van der Waals surface area contributed by atoms with E-state index in [1.165, 1.54) is 0 Å². The fraction of sp³-hybridized carbons (Fsp3) is 0.333. The number of amides is 2. The second-order valence-corrected chi connectivity index (χ2v) is 4.54. The van der Waals surface area contributed by atoms with Crippen LogP contribution >= 0.6 is 0 Å². The highest BCUT2D eigenvalue weighted by molar-refractivity contribution is 6.10. The standard InChI is InChI=1S/C15H18N2O3/c1-3-9-16-14(18)11-8-10-17(15(11)19)12-6-4-5-7-13(12)20-2/h3-7,11H,1,8-10H2,2H3,(H,16,18). The zero-order chi connectivity index (χ0) is 14.5. The van der Waals surface area contributed by atoms with Crippen LogP contribution in [0.5, 0.6) is 5.75 Å². The van der Waals surface area contributed by atoms with Gasteiger partial charge >= 0.3 is 0 Å². The van der Waals surface area contributed by atoms with Gasteiger partial charge in [-0.15, -0.1) is 6.58 Å². The number of methoxy groups -OCH3 is 1. The normalized spacial score (nSPS) is 17.9. The van der Waals surface area contributed by atoms with Crippen LogP contribution in [0.15, 0.2) is 36.9 Å². The number of para-hydroxylation sites is 2. The zero-order valence-corrected chi connectivity index (χ0v) is 11.5. The van der Waals surface area contributed by atoms with Gasteiger partial charge in [0.2, 0.25) is 11.8 Å². The highest BCUT2D eigenvalue weighted by atomic mass is 16.5. The van der Waals surface area contributed by atoms with E-state index in [4.69, 9.17) is 4.74 Å². The summed E-state index contributed by atoms with van der Waals surface area (Å²) in [6.07, 6.45) is 2.11. The molecule has 5 nitrogen and oxygen atoms in total. The molecule has 0 aliphatic carbocycles. The molecule has 1 atom stereocenters. The molecular weight excluding hydrogens is 256 g/mol. The molecule has 1 unspecified atom stereocenters. The number of hydrogen-bond acceptors (Lipinski definition) is 3. The van der Waals surface area contributed by atoms with Crippen molar-refractivity contribution in [3.63, 3.8) is 0 Å². The number of carbonyl (C=O) groups is 2. The molecule has 0 radical (unpaired) electrons. The highest BCUT2D eigenvalue weighted by Gasteiger charge is 2.38. The molecule has 0 aromatic heterocycles. The quantitative estimate of drug-likeness (QED) is 0.651. The Bertz CT molecular complexity index is 528. The summed E-state index contributed by atoms with van der Waals surface area (Å²) in [5.74, 6) is -0.420. The Morgan fingerprint density at radius 1 is 1.55 bits per heavy atom. The number of hydrogen-bond donors (Lipinski definition) is 1. The van der Waals surface area contributed by atoms with Gasteiger partial charge in [0.25, 0.3) is 0 Å². The van der Waals surface area contributed by atoms with Gasteiger partial charge in [0, 0.05) is 13.1 Å². The molecule has 1 fully saturated rings. The summed E-state index contributed by atoms with van der Waals surface area (Å²) < 4.78 is 5.26. The van der Waals surface area contributed by atoms with Gasteiger partial charge in [-0.05, 0) is 18.6 Å². The number of nitrogens with zero attached hydrogens (tertiary/aromatic N) is 1. The van der Waals surface area contributed by atoms with Crippen LogP contribution in [0, 0.1) is 5.92 Å². The van der Waals surface area contributed by atoms with Gasteiger partial charge in [-0.3, -0.25) is 9.59 Å². The fourth-order valence-corrected chi connectivity index (χ4v) is 2.31. The smallest absolute Gasteiger partial charge is 0.239 e. The summed E-state index contributed by atoms with van der Waals surface area (Å²) >= 11 is 0. The molecule has 1 aliphatic rings. The first-order chi connectivity index (χ1) is 9.69. The Balaban J connectivity index is 2.15. The van der Waals surface area contributed by atoms with E-state index < -0.39 is 5.92 Å². The molecule has 1 aromatic rings. The van der Waals surface area contributed by atoms with E-state index in [2.05, 4.69) is 11.9 Å². The van der Waals surface area contributed by atoms with E-state index in [-0.39, 0.29) is 11.8 Å². The summed E-state index contributed by atoms with van der Waals surface area (Å²) in [6.45, 7) is 4.43. The molecule has 0 spiro atoms. The molecule has 5 heteroatoms. The first-order valence-corrected chi connectivity index (χ1v) is 6.52. The molecule has 1 N–H and O–H groups in total. The van der Waals surface area contributed by atoms with Crippen molar-refractivity contribution in [2.24, 2.45) is 5.92 Å². The van der Waals surface area contributed by atoms with E-state index in [1.807, 2.05) is 18.2 Å². The third-order valence-electron chi connectivity index (χ3n) is 3.32. The Morgan fingerprint density at radius 3 is 3.00 bits per heavy atom. The SMILES string of the molecule is C=CCNC(=O)C1CCN(c2ccccc2OC)C1=O. The Labute approximate surface area is 118 Å². The second kappa shape index (κ2) is 6.23. The van der Waals surface area contributed by atoms with Crippen molar-refractivity contribution < 1.29 is 14.3 Å². The van der Waals surface area contributed by atoms with Crippen LogP contribution in [-0.2, 0) is 9.59 Å². The number of ether oxygens (including phenoxy) is 1. The minimum absolute atomic E-state index is 0.184. The number of benzene rings is 1. The van der Waals surface area contributed by atoms with Crippen molar-refractivity contribution in [1.82, 2.24) is 5.32 Å². The number of rotatable bonds is 5. The first kappa shape index (κ1) is 14.1. The molecule has 106 valence electrons. The molecular formula is C15H18N2O3. The lowest BCUT2D eigenvalue weighted by Crippen LogP contribution is -2.37. The van der Waals surface area contributed by atoms with Gasteiger partial charge in [0.1, 0.15) is 11.7 Å². The van der Waals surface area contributed by atoms with E-state index in [0.717, 1.165) is 0 Å². The third kappa shape index (κ3) is 2.66. The van der Waals surface area contributed by atoms with Crippen molar-refractivity contribution in [3.05, 3.63) is 36.9 Å². The van der Waals surface area contributed by atoms with Gasteiger partial charge in [0.15, 0.2) is 0 Å². The maximum absolute atomic E-state index is 12.4. The number of nitrogens with one attached hydrogen (secondary N) is 1. The molecule has 1 aromatic carbocycles. The number of carbonyl (C=O) groups excluding carboxylic acids is 2. The zero-order valence-electron chi connectivity index (χ0n) is 11.5. The van der Waals surface area contributed by atoms with Crippen molar-refractivity contribution in [2.75, 3.05) is 25.1 Å². The van der Waals surface area contributed by atoms with Crippen LogP contribution in [0.3, 0.4) is 0 Å². The minimum Gasteiger partial charge on any atom is -0.495 e. The molecule has 1 heterocycles. The fourth-order valence-electron chi connectivity index (χ4n) is 2.31. The topological polar surface area (TPSA) is 58.6 Å². The van der Waals surface area contributed by atoms with Crippen LogP contribution in [0.2, 0.25) is 0 Å². The molecule has 0 bridgehead atoms. The van der Waals surface area contributed by atoms with Crippen LogP contribution in [0.1, 0.15) is 6.42 Å². The summed E-state index contributed by atoms with van der Waals surface area (Å²) in [4.78, 5) is 25.9. The summed E-state index contributed by atoms with van der Waals surface area (Å²) in [6, 6.07) is 7.31. The van der Waals surface area contributed by atoms with Gasteiger partial charge in [-0.25, -0.2) is 0 Å². The molecule has 20 heavy (non-hydrogen) atoms. The summed E-state index contributed by atoms with van der Waals surface area (Å²) in [7, 11) is 1.56. The van der Waals surface area contributed by atoms with Crippen molar-refractivity contribution in [1.29, 1.82) is 0 Å².